The van der Waals surface area contributed by atoms with Gasteiger partial charge >= 0.3 is 0 Å². The summed E-state index contributed by atoms with van der Waals surface area (Å²) in [6, 6.07) is 1.73. The molecule has 0 aliphatic rings. The molecule has 0 aromatic carbocycles. The van der Waals surface area contributed by atoms with Crippen molar-refractivity contribution in [3.63, 3.8) is 0 Å². The Bertz CT molecular complexity index is 321. The van der Waals surface area contributed by atoms with E-state index >= 15 is 0 Å². The molecule has 0 spiro atoms. The largest absolute Gasteiger partial charge is 0.337 e. The third-order valence-electron chi connectivity index (χ3n) is 2.23. The molecule has 0 unspecified atom stereocenters. The van der Waals surface area contributed by atoms with E-state index in [0.29, 0.717) is 25.3 Å². The summed E-state index contributed by atoms with van der Waals surface area (Å²) in [5.74, 6) is -0.0217. The molecule has 0 fully saturated rings. The van der Waals surface area contributed by atoms with Gasteiger partial charge in [0, 0.05) is 26.3 Å². The van der Waals surface area contributed by atoms with Gasteiger partial charge in [0.25, 0.3) is 5.91 Å². The van der Waals surface area contributed by atoms with Crippen LogP contribution in [0.2, 0.25) is 0 Å². The Hall–Kier alpha value is -1.36. The van der Waals surface area contributed by atoms with Crippen molar-refractivity contribution in [3.05, 3.63) is 18.0 Å². The van der Waals surface area contributed by atoms with Gasteiger partial charge in [-0.3, -0.25) is 9.48 Å². The summed E-state index contributed by atoms with van der Waals surface area (Å²) >= 11 is 0. The van der Waals surface area contributed by atoms with E-state index < -0.39 is 0 Å². The fourth-order valence-corrected chi connectivity index (χ4v) is 1.38. The monoisotopic (exact) mass is 210 g/mol. The van der Waals surface area contributed by atoms with E-state index in [2.05, 4.69) is 5.10 Å². The van der Waals surface area contributed by atoms with Gasteiger partial charge in [-0.05, 0) is 26.0 Å². The van der Waals surface area contributed by atoms with Crippen molar-refractivity contribution in [2.75, 3.05) is 19.6 Å². The molecule has 1 aromatic rings. The van der Waals surface area contributed by atoms with Crippen molar-refractivity contribution >= 4 is 5.91 Å². The molecule has 0 aliphatic carbocycles. The summed E-state index contributed by atoms with van der Waals surface area (Å²) < 4.78 is 1.63. The molecule has 5 heteroatoms. The number of amides is 1. The van der Waals surface area contributed by atoms with Gasteiger partial charge in [-0.2, -0.15) is 5.10 Å². The number of hydrogen-bond donors (Lipinski definition) is 1. The van der Waals surface area contributed by atoms with Crippen LogP contribution in [0.1, 0.15) is 23.8 Å². The first kappa shape index (κ1) is 11.7. The number of nitrogens with zero attached hydrogens (tertiary/aromatic N) is 3. The maximum atomic E-state index is 11.9. The molecule has 0 atom stereocenters. The Morgan fingerprint density at radius 3 is 2.87 bits per heavy atom. The Morgan fingerprint density at radius 1 is 1.67 bits per heavy atom. The molecule has 1 rings (SSSR count). The van der Waals surface area contributed by atoms with Gasteiger partial charge in [0.05, 0.1) is 0 Å². The van der Waals surface area contributed by atoms with Gasteiger partial charge < -0.3 is 10.6 Å². The average molecular weight is 210 g/mol. The zero-order valence-corrected chi connectivity index (χ0v) is 9.31. The highest BCUT2D eigenvalue weighted by atomic mass is 16.2. The van der Waals surface area contributed by atoms with E-state index in [1.807, 2.05) is 6.92 Å². The minimum absolute atomic E-state index is 0.0217. The average Bonchev–Trinajstić information content (AvgIpc) is 2.65. The van der Waals surface area contributed by atoms with E-state index in [9.17, 15) is 4.79 Å². The standard InChI is InChI=1S/C10H18N4O/c1-3-14(7-4-6-11)10(15)9-5-8-13(2)12-9/h5,8H,3-4,6-7,11H2,1-2H3. The molecule has 5 nitrogen and oxygen atoms in total. The quantitative estimate of drug-likeness (QED) is 0.756. The first-order valence-corrected chi connectivity index (χ1v) is 5.18. The number of hydrogen-bond acceptors (Lipinski definition) is 3. The Labute approximate surface area is 89.9 Å². The molecule has 0 saturated heterocycles. The molecule has 0 saturated carbocycles. The third kappa shape index (κ3) is 3.06. The molecule has 84 valence electrons. The smallest absolute Gasteiger partial charge is 0.274 e. The number of aromatic nitrogens is 2. The highest BCUT2D eigenvalue weighted by molar-refractivity contribution is 5.92. The molecule has 1 aromatic heterocycles. The predicted octanol–water partition coefficient (Wildman–Crippen LogP) is 0.231. The lowest BCUT2D eigenvalue weighted by molar-refractivity contribution is 0.0757. The summed E-state index contributed by atoms with van der Waals surface area (Å²) in [7, 11) is 1.80. The molecule has 0 radical (unpaired) electrons. The zero-order valence-electron chi connectivity index (χ0n) is 9.31. The second-order valence-corrected chi connectivity index (χ2v) is 3.40. The normalized spacial score (nSPS) is 10.3. The molecule has 1 heterocycles. The number of nitrogens with two attached hydrogens (primary N) is 1. The van der Waals surface area contributed by atoms with Gasteiger partial charge in [-0.25, -0.2) is 0 Å². The summed E-state index contributed by atoms with van der Waals surface area (Å²) in [6.45, 7) is 3.95. The molecular formula is C10H18N4O. The summed E-state index contributed by atoms with van der Waals surface area (Å²) in [5, 5.41) is 4.08. The van der Waals surface area contributed by atoms with Gasteiger partial charge in [0.15, 0.2) is 0 Å². The number of carbonyl (C=O) groups excluding carboxylic acids is 1. The summed E-state index contributed by atoms with van der Waals surface area (Å²) in [5.41, 5.74) is 5.91. The first-order valence-electron chi connectivity index (χ1n) is 5.18. The lowest BCUT2D eigenvalue weighted by Crippen LogP contribution is -2.33. The number of carbonyl (C=O) groups is 1. The molecular weight excluding hydrogens is 192 g/mol. The van der Waals surface area contributed by atoms with Crippen LogP contribution < -0.4 is 5.73 Å². The maximum Gasteiger partial charge on any atom is 0.274 e. The lowest BCUT2D eigenvalue weighted by Gasteiger charge is -2.19. The number of rotatable bonds is 5. The van der Waals surface area contributed by atoms with Crippen molar-refractivity contribution in [2.24, 2.45) is 12.8 Å². The van der Waals surface area contributed by atoms with Gasteiger partial charge in [-0.15, -0.1) is 0 Å². The number of aryl methyl sites for hydroxylation is 1. The van der Waals surface area contributed by atoms with Crippen LogP contribution in [0.25, 0.3) is 0 Å². The second-order valence-electron chi connectivity index (χ2n) is 3.40. The predicted molar refractivity (Wildman–Crippen MR) is 58.5 cm³/mol. The van der Waals surface area contributed by atoms with E-state index in [-0.39, 0.29) is 5.91 Å². The van der Waals surface area contributed by atoms with Crippen molar-refractivity contribution in [1.29, 1.82) is 0 Å². The Morgan fingerprint density at radius 2 is 2.40 bits per heavy atom. The van der Waals surface area contributed by atoms with E-state index in [1.54, 1.807) is 28.9 Å². The Kier molecular flexibility index (Phi) is 4.30. The molecule has 0 aliphatic heterocycles. The van der Waals surface area contributed by atoms with Gasteiger partial charge in [0.2, 0.25) is 0 Å². The van der Waals surface area contributed by atoms with Crippen LogP contribution in [0.15, 0.2) is 12.3 Å². The van der Waals surface area contributed by atoms with Crippen molar-refractivity contribution in [1.82, 2.24) is 14.7 Å². The SMILES string of the molecule is CCN(CCCN)C(=O)c1ccn(C)n1. The van der Waals surface area contributed by atoms with E-state index in [1.165, 1.54) is 0 Å². The first-order chi connectivity index (χ1) is 7.19. The van der Waals surface area contributed by atoms with Crippen molar-refractivity contribution in [3.8, 4) is 0 Å². The lowest BCUT2D eigenvalue weighted by atomic mass is 10.3. The van der Waals surface area contributed by atoms with Crippen LogP contribution in [-0.4, -0.2) is 40.2 Å². The van der Waals surface area contributed by atoms with Gasteiger partial charge in [-0.1, -0.05) is 0 Å². The Balaban J connectivity index is 2.64. The fraction of sp³-hybridized carbons (Fsp3) is 0.600. The van der Waals surface area contributed by atoms with Crippen LogP contribution >= 0.6 is 0 Å². The minimum Gasteiger partial charge on any atom is -0.337 e. The van der Waals surface area contributed by atoms with Crippen molar-refractivity contribution < 1.29 is 4.79 Å². The summed E-state index contributed by atoms with van der Waals surface area (Å²) in [4.78, 5) is 13.7. The second kappa shape index (κ2) is 5.50. The van der Waals surface area contributed by atoms with Gasteiger partial charge in [0.1, 0.15) is 5.69 Å². The zero-order chi connectivity index (χ0) is 11.3. The maximum absolute atomic E-state index is 11.9. The van der Waals surface area contributed by atoms with Crippen LogP contribution in [-0.2, 0) is 7.05 Å². The van der Waals surface area contributed by atoms with Crippen LogP contribution in [0.3, 0.4) is 0 Å². The fourth-order valence-electron chi connectivity index (χ4n) is 1.38. The topological polar surface area (TPSA) is 64.2 Å². The third-order valence-corrected chi connectivity index (χ3v) is 2.23. The summed E-state index contributed by atoms with van der Waals surface area (Å²) in [6.07, 6.45) is 2.59. The van der Waals surface area contributed by atoms with E-state index in [4.69, 9.17) is 5.73 Å². The molecule has 0 bridgehead atoms. The highest BCUT2D eigenvalue weighted by Crippen LogP contribution is 2.02. The van der Waals surface area contributed by atoms with Crippen molar-refractivity contribution in [2.45, 2.75) is 13.3 Å². The molecule has 2 N–H and O–H groups in total. The van der Waals surface area contributed by atoms with Crippen LogP contribution in [0.5, 0.6) is 0 Å². The van der Waals surface area contributed by atoms with Crippen LogP contribution in [0.4, 0.5) is 0 Å². The minimum atomic E-state index is -0.0217. The molecule has 15 heavy (non-hydrogen) atoms. The highest BCUT2D eigenvalue weighted by Gasteiger charge is 2.15. The van der Waals surface area contributed by atoms with Crippen LogP contribution in [0, 0.1) is 0 Å². The molecule has 1 amide bonds. The van der Waals surface area contributed by atoms with E-state index in [0.717, 1.165) is 6.42 Å².